The molecule has 0 amide bonds. The van der Waals surface area contributed by atoms with Gasteiger partial charge in [-0.1, -0.05) is 39.0 Å². The van der Waals surface area contributed by atoms with Crippen molar-refractivity contribution in [2.24, 2.45) is 11.5 Å². The Balaban J connectivity index is 2.09. The van der Waals surface area contributed by atoms with Crippen molar-refractivity contribution in [2.45, 2.75) is 69.9 Å². The van der Waals surface area contributed by atoms with E-state index in [4.69, 9.17) is 20.9 Å². The third kappa shape index (κ3) is 5.20. The van der Waals surface area contributed by atoms with E-state index in [-0.39, 0.29) is 12.1 Å². The van der Waals surface area contributed by atoms with E-state index in [2.05, 4.69) is 6.92 Å². The Morgan fingerprint density at radius 3 is 2.56 bits per heavy atom. The fraction of sp³-hybridized carbons (Fsp3) is 1.00. The first kappa shape index (κ1) is 15.9. The Labute approximate surface area is 110 Å². The maximum Gasteiger partial charge on any atom is 0.172 e. The van der Waals surface area contributed by atoms with Crippen LogP contribution < -0.4 is 11.5 Å². The van der Waals surface area contributed by atoms with E-state index in [1.807, 2.05) is 0 Å². The van der Waals surface area contributed by atoms with Gasteiger partial charge in [-0.25, -0.2) is 0 Å². The molecule has 0 saturated carbocycles. The summed E-state index contributed by atoms with van der Waals surface area (Å²) in [7, 11) is 0. The molecule has 5 nitrogen and oxygen atoms in total. The number of nitrogens with two attached hydrogens (primary N) is 2. The molecule has 1 rings (SSSR count). The first-order valence-corrected chi connectivity index (χ1v) is 7.09. The number of hydrogen-bond donors (Lipinski definition) is 3. The zero-order chi connectivity index (χ0) is 13.4. The van der Waals surface area contributed by atoms with E-state index in [1.54, 1.807) is 0 Å². The molecule has 0 unspecified atom stereocenters. The van der Waals surface area contributed by atoms with Gasteiger partial charge in [-0.2, -0.15) is 0 Å². The van der Waals surface area contributed by atoms with Crippen molar-refractivity contribution < 1.29 is 14.6 Å². The summed E-state index contributed by atoms with van der Waals surface area (Å²) in [5, 5.41) is 9.48. The van der Waals surface area contributed by atoms with Gasteiger partial charge in [0, 0.05) is 6.61 Å². The normalized spacial score (nSPS) is 32.7. The summed E-state index contributed by atoms with van der Waals surface area (Å²) in [5.74, 6) is 0. The fourth-order valence-corrected chi connectivity index (χ4v) is 2.20. The van der Waals surface area contributed by atoms with Crippen molar-refractivity contribution in [2.75, 3.05) is 13.2 Å². The van der Waals surface area contributed by atoms with Crippen molar-refractivity contribution in [1.29, 1.82) is 0 Å². The Hall–Kier alpha value is -0.200. The molecule has 0 aromatic heterocycles. The van der Waals surface area contributed by atoms with Gasteiger partial charge >= 0.3 is 0 Å². The third-order valence-corrected chi connectivity index (χ3v) is 3.40. The Morgan fingerprint density at radius 1 is 1.17 bits per heavy atom. The molecular formula is C13H28N2O3. The lowest BCUT2D eigenvalue weighted by Crippen LogP contribution is -2.61. The molecule has 18 heavy (non-hydrogen) atoms. The van der Waals surface area contributed by atoms with E-state index >= 15 is 0 Å². The molecule has 5 N–H and O–H groups in total. The van der Waals surface area contributed by atoms with Gasteiger partial charge in [-0.3, -0.25) is 0 Å². The molecular weight excluding hydrogens is 232 g/mol. The average Bonchev–Trinajstić information content (AvgIpc) is 2.36. The van der Waals surface area contributed by atoms with Crippen LogP contribution in [0.2, 0.25) is 0 Å². The van der Waals surface area contributed by atoms with Crippen LogP contribution in [-0.4, -0.2) is 42.8 Å². The number of rotatable bonds is 8. The highest BCUT2D eigenvalue weighted by Crippen LogP contribution is 2.15. The number of unbranched alkanes of at least 4 members (excludes halogenated alkanes) is 5. The van der Waals surface area contributed by atoms with E-state index in [0.29, 0.717) is 13.2 Å². The van der Waals surface area contributed by atoms with E-state index in [0.717, 1.165) is 6.42 Å². The molecule has 0 radical (unpaired) electrons. The molecule has 0 spiro atoms. The van der Waals surface area contributed by atoms with Crippen LogP contribution in [0.25, 0.3) is 0 Å². The van der Waals surface area contributed by atoms with Crippen LogP contribution in [0.4, 0.5) is 0 Å². The van der Waals surface area contributed by atoms with Crippen LogP contribution >= 0.6 is 0 Å². The summed E-state index contributed by atoms with van der Waals surface area (Å²) < 4.78 is 10.7. The lowest BCUT2D eigenvalue weighted by Gasteiger charge is -2.36. The average molecular weight is 260 g/mol. The fourth-order valence-electron chi connectivity index (χ4n) is 2.20. The lowest BCUT2D eigenvalue weighted by atomic mass is 10.0. The second kappa shape index (κ2) is 8.82. The van der Waals surface area contributed by atoms with E-state index in [1.165, 1.54) is 32.1 Å². The van der Waals surface area contributed by atoms with Gasteiger partial charge in [-0.15, -0.1) is 0 Å². The number of ether oxygens (including phenoxy) is 2. The molecule has 0 aromatic rings. The molecule has 1 fully saturated rings. The number of aliphatic hydroxyl groups is 1. The molecule has 1 aliphatic heterocycles. The van der Waals surface area contributed by atoms with Gasteiger partial charge in [0.1, 0.15) is 0 Å². The Kier molecular flexibility index (Phi) is 7.77. The molecule has 5 heteroatoms. The lowest BCUT2D eigenvalue weighted by molar-refractivity contribution is -0.183. The van der Waals surface area contributed by atoms with Gasteiger partial charge < -0.3 is 26.0 Å². The number of hydrogen-bond acceptors (Lipinski definition) is 5. The monoisotopic (exact) mass is 260 g/mol. The molecule has 108 valence electrons. The summed E-state index contributed by atoms with van der Waals surface area (Å²) in [6.07, 6.45) is 6.07. The predicted octanol–water partition coefficient (Wildman–Crippen LogP) is 0.735. The minimum absolute atomic E-state index is 0.247. The Bertz CT molecular complexity index is 216. The Morgan fingerprint density at radius 2 is 1.83 bits per heavy atom. The van der Waals surface area contributed by atoms with Crippen LogP contribution in [0.3, 0.4) is 0 Å². The summed E-state index contributed by atoms with van der Waals surface area (Å²) in [6.45, 7) is 3.17. The highest BCUT2D eigenvalue weighted by atomic mass is 16.6. The van der Waals surface area contributed by atoms with Gasteiger partial charge in [0.25, 0.3) is 0 Å². The molecule has 1 aliphatic rings. The summed E-state index contributed by atoms with van der Waals surface area (Å²) in [5.41, 5.74) is 11.7. The topological polar surface area (TPSA) is 90.7 Å². The van der Waals surface area contributed by atoms with Gasteiger partial charge in [0.15, 0.2) is 6.29 Å². The van der Waals surface area contributed by atoms with E-state index in [9.17, 15) is 5.11 Å². The van der Waals surface area contributed by atoms with Gasteiger partial charge in [0.2, 0.25) is 0 Å². The zero-order valence-corrected chi connectivity index (χ0v) is 11.4. The quantitative estimate of drug-likeness (QED) is 0.560. The van der Waals surface area contributed by atoms with E-state index < -0.39 is 12.3 Å². The first-order chi connectivity index (χ1) is 8.66. The van der Waals surface area contributed by atoms with Crippen molar-refractivity contribution in [3.8, 4) is 0 Å². The largest absolute Gasteiger partial charge is 0.375 e. The summed E-state index contributed by atoms with van der Waals surface area (Å²) in [6, 6.07) is -0.794. The maximum atomic E-state index is 9.48. The van der Waals surface area contributed by atoms with Crippen LogP contribution in [0.15, 0.2) is 0 Å². The summed E-state index contributed by atoms with van der Waals surface area (Å²) in [4.78, 5) is 0. The maximum absolute atomic E-state index is 9.48. The minimum Gasteiger partial charge on any atom is -0.375 e. The first-order valence-electron chi connectivity index (χ1n) is 7.09. The highest BCUT2D eigenvalue weighted by Gasteiger charge is 2.36. The van der Waals surface area contributed by atoms with Crippen LogP contribution in [-0.2, 0) is 9.47 Å². The molecule has 1 saturated heterocycles. The van der Waals surface area contributed by atoms with Gasteiger partial charge in [0.05, 0.1) is 24.8 Å². The standard InChI is InChI=1S/C13H28N2O3/c1-2-3-4-5-6-7-8-17-12-10(14)9-18-13(16)11(12)15/h10-13,16H,2-9,14-15H2,1H3/t10-,11-,12+,13-/m1/s1. The second-order valence-corrected chi connectivity index (χ2v) is 5.07. The summed E-state index contributed by atoms with van der Waals surface area (Å²) >= 11 is 0. The predicted molar refractivity (Wildman–Crippen MR) is 71.0 cm³/mol. The molecule has 4 atom stereocenters. The van der Waals surface area contributed by atoms with Crippen LogP contribution in [0.5, 0.6) is 0 Å². The third-order valence-electron chi connectivity index (χ3n) is 3.40. The molecule has 0 bridgehead atoms. The highest BCUT2D eigenvalue weighted by molar-refractivity contribution is 4.89. The molecule has 1 heterocycles. The molecule has 0 aromatic carbocycles. The van der Waals surface area contributed by atoms with Crippen molar-refractivity contribution in [3.05, 3.63) is 0 Å². The number of aliphatic hydroxyl groups excluding tert-OH is 1. The van der Waals surface area contributed by atoms with Gasteiger partial charge in [-0.05, 0) is 6.42 Å². The molecule has 0 aliphatic carbocycles. The minimum atomic E-state index is -0.959. The SMILES string of the molecule is CCCCCCCCO[C@@H]1[C@@H](N)[C@H](O)OC[C@H]1N. The zero-order valence-electron chi connectivity index (χ0n) is 11.4. The van der Waals surface area contributed by atoms with Crippen LogP contribution in [0.1, 0.15) is 45.4 Å². The van der Waals surface area contributed by atoms with Crippen molar-refractivity contribution >= 4 is 0 Å². The van der Waals surface area contributed by atoms with Crippen molar-refractivity contribution in [3.63, 3.8) is 0 Å². The van der Waals surface area contributed by atoms with Crippen molar-refractivity contribution in [1.82, 2.24) is 0 Å². The van der Waals surface area contributed by atoms with Crippen LogP contribution in [0, 0.1) is 0 Å². The second-order valence-electron chi connectivity index (χ2n) is 5.07. The smallest absolute Gasteiger partial charge is 0.172 e.